The van der Waals surface area contributed by atoms with Crippen molar-refractivity contribution in [2.75, 3.05) is 13.9 Å². The Hall–Kier alpha value is -2.07. The summed E-state index contributed by atoms with van der Waals surface area (Å²) < 4.78 is 21.5. The van der Waals surface area contributed by atoms with Gasteiger partial charge in [0.15, 0.2) is 13.1 Å². The van der Waals surface area contributed by atoms with E-state index >= 15 is 0 Å². The molecular formula is C17H23N2O8P. The van der Waals surface area contributed by atoms with Crippen molar-refractivity contribution < 1.29 is 28.5 Å². The smallest absolute Gasteiger partial charge is 0.399 e. The average molecular weight is 414 g/mol. The molecule has 0 spiro atoms. The normalized spacial score (nSPS) is 16.4. The molecule has 3 N–H and O–H groups in total. The molecule has 2 heterocycles. The molecule has 11 heteroatoms. The van der Waals surface area contributed by atoms with Crippen LogP contribution in [0.4, 0.5) is 0 Å². The lowest BCUT2D eigenvalue weighted by atomic mass is 10.1. The largest absolute Gasteiger partial charge is 0.426 e. The lowest BCUT2D eigenvalue weighted by Crippen LogP contribution is -2.29. The number of methoxy groups -OCH3 is 1. The summed E-state index contributed by atoms with van der Waals surface area (Å²) in [5.41, 5.74) is 1.16. The summed E-state index contributed by atoms with van der Waals surface area (Å²) in [5, 5.41) is 17.6. The summed E-state index contributed by atoms with van der Waals surface area (Å²) in [6.45, 7) is 2.36. The fourth-order valence-corrected chi connectivity index (χ4v) is 3.21. The minimum Gasteiger partial charge on any atom is -0.426 e. The number of aromatic nitrogens is 2. The fourth-order valence-electron chi connectivity index (χ4n) is 2.28. The van der Waals surface area contributed by atoms with E-state index in [1.54, 1.807) is 0 Å². The third-order valence-electron chi connectivity index (χ3n) is 3.73. The molecule has 0 saturated heterocycles. The average Bonchev–Trinajstić information content (AvgIpc) is 2.68. The maximum atomic E-state index is 11.1. The highest BCUT2D eigenvalue weighted by Gasteiger charge is 2.23. The molecule has 10 nitrogen and oxygen atoms in total. The molecule has 1 unspecified atom stereocenters. The zero-order valence-electron chi connectivity index (χ0n) is 15.5. The van der Waals surface area contributed by atoms with Crippen LogP contribution in [0.5, 0.6) is 5.75 Å². The zero-order chi connectivity index (χ0) is 20.5. The Bertz CT molecular complexity index is 869. The number of nitrogens with one attached hydrogen (secondary N) is 1. The molecule has 0 bridgehead atoms. The van der Waals surface area contributed by atoms with Crippen molar-refractivity contribution in [1.82, 2.24) is 9.55 Å². The topological polar surface area (TPSA) is 132 Å². The van der Waals surface area contributed by atoms with Gasteiger partial charge in [0, 0.05) is 37.9 Å². The van der Waals surface area contributed by atoms with Gasteiger partial charge in [0.05, 0.1) is 6.61 Å². The Kier molecular flexibility index (Phi) is 8.78. The molecule has 1 aliphatic heterocycles. The van der Waals surface area contributed by atoms with Crippen LogP contribution < -0.4 is 15.8 Å². The predicted molar refractivity (Wildman–Crippen MR) is 101 cm³/mol. The van der Waals surface area contributed by atoms with Gasteiger partial charge in [-0.3, -0.25) is 18.8 Å². The number of para-hydroxylation sites is 1. The van der Waals surface area contributed by atoms with Gasteiger partial charge in [-0.1, -0.05) is 18.2 Å². The van der Waals surface area contributed by atoms with E-state index in [1.165, 1.54) is 23.9 Å². The molecule has 1 aromatic heterocycles. The van der Waals surface area contributed by atoms with Gasteiger partial charge in [-0.25, -0.2) is 4.79 Å². The monoisotopic (exact) mass is 414 g/mol. The maximum Gasteiger partial charge on any atom is 0.399 e. The van der Waals surface area contributed by atoms with Crippen molar-refractivity contribution in [3.05, 3.63) is 62.4 Å². The van der Waals surface area contributed by atoms with Crippen molar-refractivity contribution in [3.8, 4) is 5.75 Å². The SMILES string of the molecule is CO[C@H](O)CCn1ccc(=O)[nH]c1=O.Cc1cccc2c1OP(OCO)OC2. The number of rotatable bonds is 6. The first-order chi connectivity index (χ1) is 13.4. The molecule has 0 saturated carbocycles. The molecule has 2 aromatic rings. The van der Waals surface area contributed by atoms with Gasteiger partial charge >= 0.3 is 14.3 Å². The Morgan fingerprint density at radius 1 is 1.36 bits per heavy atom. The third-order valence-corrected chi connectivity index (χ3v) is 4.73. The molecular weight excluding hydrogens is 391 g/mol. The number of nitrogens with zero attached hydrogens (tertiary/aromatic N) is 1. The summed E-state index contributed by atoms with van der Waals surface area (Å²) in [7, 11) is -0.0493. The highest BCUT2D eigenvalue weighted by atomic mass is 31.2. The van der Waals surface area contributed by atoms with Crippen molar-refractivity contribution in [2.24, 2.45) is 0 Å². The molecule has 154 valence electrons. The summed E-state index contributed by atoms with van der Waals surface area (Å²) in [6, 6.07) is 7.13. The van der Waals surface area contributed by atoms with E-state index in [9.17, 15) is 9.59 Å². The third kappa shape index (κ3) is 6.52. The standard InChI is InChI=1S/C9H11O4P.C8H12N2O4/c1-7-3-2-4-8-5-11-14(12-6-10)13-9(7)8;1-14-7(12)3-5-10-4-2-6(11)9-8(10)13/h2-4,10H,5-6H2,1H3;2,4,7,12H,3,5H2,1H3,(H,9,11,13)/t;7-/m.0/s1. The van der Waals surface area contributed by atoms with Crippen LogP contribution in [0.1, 0.15) is 17.5 Å². The van der Waals surface area contributed by atoms with Gasteiger partial charge in [0.1, 0.15) is 5.75 Å². The maximum absolute atomic E-state index is 11.1. The number of benzene rings is 1. The molecule has 0 aliphatic carbocycles. The second kappa shape index (κ2) is 11.1. The van der Waals surface area contributed by atoms with Crippen molar-refractivity contribution >= 4 is 8.60 Å². The van der Waals surface area contributed by atoms with E-state index in [4.69, 9.17) is 23.8 Å². The Balaban J connectivity index is 0.000000200. The molecule has 2 atom stereocenters. The highest BCUT2D eigenvalue weighted by Crippen LogP contribution is 2.47. The van der Waals surface area contributed by atoms with Crippen LogP contribution in [0.2, 0.25) is 0 Å². The minimum atomic E-state index is -1.42. The zero-order valence-corrected chi connectivity index (χ0v) is 16.4. The van der Waals surface area contributed by atoms with Crippen LogP contribution >= 0.6 is 8.60 Å². The summed E-state index contributed by atoms with van der Waals surface area (Å²) in [6.07, 6.45) is 0.778. The number of hydrogen-bond acceptors (Lipinski definition) is 8. The van der Waals surface area contributed by atoms with Crippen LogP contribution in [-0.4, -0.2) is 40.0 Å². The van der Waals surface area contributed by atoms with Gasteiger partial charge in [-0.15, -0.1) is 0 Å². The minimum absolute atomic E-state index is 0.294. The van der Waals surface area contributed by atoms with Crippen LogP contribution in [0.3, 0.4) is 0 Å². The highest BCUT2D eigenvalue weighted by molar-refractivity contribution is 7.42. The first-order valence-corrected chi connectivity index (χ1v) is 9.48. The van der Waals surface area contributed by atoms with E-state index in [1.807, 2.05) is 25.1 Å². The lowest BCUT2D eigenvalue weighted by Gasteiger charge is -2.24. The number of hydrogen-bond donors (Lipinski definition) is 3. The first-order valence-electron chi connectivity index (χ1n) is 8.38. The Morgan fingerprint density at radius 3 is 2.82 bits per heavy atom. The van der Waals surface area contributed by atoms with Crippen LogP contribution in [0, 0.1) is 6.92 Å². The number of aryl methyl sites for hydroxylation is 2. The second-order valence-corrected chi connectivity index (χ2v) is 6.84. The van der Waals surface area contributed by atoms with Crippen molar-refractivity contribution in [2.45, 2.75) is 32.8 Å². The number of aliphatic hydroxyl groups is 2. The van der Waals surface area contributed by atoms with E-state index < -0.39 is 26.1 Å². The number of aromatic amines is 1. The quantitative estimate of drug-likeness (QED) is 0.471. The fraction of sp³-hybridized carbons (Fsp3) is 0.412. The summed E-state index contributed by atoms with van der Waals surface area (Å²) in [5.74, 6) is 0.818. The molecule has 0 radical (unpaired) electrons. The van der Waals surface area contributed by atoms with Gasteiger partial charge in [-0.2, -0.15) is 0 Å². The molecule has 1 aromatic carbocycles. The van der Waals surface area contributed by atoms with Gasteiger partial charge < -0.3 is 24.0 Å². The summed E-state index contributed by atoms with van der Waals surface area (Å²) in [4.78, 5) is 23.9. The number of ether oxygens (including phenoxy) is 1. The summed E-state index contributed by atoms with van der Waals surface area (Å²) >= 11 is 0. The van der Waals surface area contributed by atoms with E-state index in [-0.39, 0.29) is 6.79 Å². The second-order valence-electron chi connectivity index (χ2n) is 5.69. The van der Waals surface area contributed by atoms with E-state index in [2.05, 4.69) is 9.72 Å². The molecule has 1 aliphatic rings. The molecule has 28 heavy (non-hydrogen) atoms. The molecule has 0 fully saturated rings. The molecule has 3 rings (SSSR count). The van der Waals surface area contributed by atoms with Crippen LogP contribution in [0.15, 0.2) is 40.1 Å². The van der Waals surface area contributed by atoms with Gasteiger partial charge in [0.2, 0.25) is 0 Å². The van der Waals surface area contributed by atoms with Gasteiger partial charge in [-0.05, 0) is 12.5 Å². The Labute approximate surface area is 162 Å². The lowest BCUT2D eigenvalue weighted by molar-refractivity contribution is -0.0804. The molecule has 0 amide bonds. The van der Waals surface area contributed by atoms with E-state index in [0.717, 1.165) is 16.9 Å². The van der Waals surface area contributed by atoms with Gasteiger partial charge in [0.25, 0.3) is 5.56 Å². The van der Waals surface area contributed by atoms with Crippen LogP contribution in [-0.2, 0) is 26.9 Å². The van der Waals surface area contributed by atoms with Crippen molar-refractivity contribution in [1.29, 1.82) is 0 Å². The number of H-pyrrole nitrogens is 1. The first kappa shape index (κ1) is 22.2. The Morgan fingerprint density at radius 2 is 2.14 bits per heavy atom. The predicted octanol–water partition coefficient (Wildman–Crippen LogP) is 0.989. The van der Waals surface area contributed by atoms with Crippen LogP contribution in [0.25, 0.3) is 0 Å². The number of aliphatic hydroxyl groups excluding tert-OH is 2. The van der Waals surface area contributed by atoms with Crippen molar-refractivity contribution in [3.63, 3.8) is 0 Å². The van der Waals surface area contributed by atoms with E-state index in [0.29, 0.717) is 19.6 Å². The number of fused-ring (bicyclic) bond motifs is 1.